The third-order valence-electron chi connectivity index (χ3n) is 4.28. The average molecular weight is 408 g/mol. The van der Waals surface area contributed by atoms with E-state index >= 15 is 0 Å². The first-order valence-electron chi connectivity index (χ1n) is 8.48. The molecule has 10 heteroatoms. The van der Waals surface area contributed by atoms with Gasteiger partial charge in [-0.25, -0.2) is 0 Å². The quantitative estimate of drug-likeness (QED) is 0.348. The first-order valence-corrected chi connectivity index (χ1v) is 9.30. The summed E-state index contributed by atoms with van der Waals surface area (Å²) in [6.45, 7) is -0.562. The zero-order valence-corrected chi connectivity index (χ0v) is 15.4. The molecule has 150 valence electrons. The number of nitrogens with one attached hydrogen (secondary N) is 1. The minimum Gasteiger partial charge on any atom is -0.394 e. The first-order chi connectivity index (χ1) is 13.4. The third kappa shape index (κ3) is 4.61. The van der Waals surface area contributed by atoms with Gasteiger partial charge in [0.05, 0.1) is 11.5 Å². The van der Waals surface area contributed by atoms with E-state index in [1.54, 1.807) is 6.07 Å². The number of nitrogens with zero attached hydrogens (tertiary/aromatic N) is 1. The molecule has 1 aliphatic rings. The summed E-state index contributed by atoms with van der Waals surface area (Å²) in [6.07, 6.45) is -6.77. The van der Waals surface area contributed by atoms with Crippen LogP contribution in [0.2, 0.25) is 0 Å². The largest absolute Gasteiger partial charge is 0.394 e. The van der Waals surface area contributed by atoms with Crippen molar-refractivity contribution in [3.63, 3.8) is 0 Å². The molecule has 2 aromatic carbocycles. The highest BCUT2D eigenvalue weighted by Gasteiger charge is 2.43. The number of non-ortho nitro benzene ring substituents is 1. The lowest BCUT2D eigenvalue weighted by Crippen LogP contribution is -2.60. The van der Waals surface area contributed by atoms with Gasteiger partial charge in [-0.3, -0.25) is 10.1 Å². The maximum Gasteiger partial charge on any atom is 0.272 e. The molecule has 2 aromatic rings. The lowest BCUT2D eigenvalue weighted by atomic mass is 9.98. The summed E-state index contributed by atoms with van der Waals surface area (Å²) >= 11 is 1.33. The highest BCUT2D eigenvalue weighted by molar-refractivity contribution is 7.99. The SMILES string of the molecule is O=[N+]([O-])c1cc(NC2OC(CO)C(O)C(O)C2O)cc(Sc2ccccc2)c1. The van der Waals surface area contributed by atoms with Gasteiger partial charge in [0.25, 0.3) is 5.69 Å². The second-order valence-electron chi connectivity index (χ2n) is 6.28. The van der Waals surface area contributed by atoms with Crippen molar-refractivity contribution in [2.24, 2.45) is 0 Å². The Morgan fingerprint density at radius 3 is 2.39 bits per heavy atom. The van der Waals surface area contributed by atoms with E-state index in [1.807, 2.05) is 30.3 Å². The van der Waals surface area contributed by atoms with Crippen molar-refractivity contribution in [2.75, 3.05) is 11.9 Å². The van der Waals surface area contributed by atoms with Gasteiger partial charge in [0.1, 0.15) is 24.4 Å². The fourth-order valence-corrected chi connectivity index (χ4v) is 3.77. The van der Waals surface area contributed by atoms with Crippen molar-refractivity contribution in [1.82, 2.24) is 0 Å². The van der Waals surface area contributed by atoms with Crippen LogP contribution in [0, 0.1) is 10.1 Å². The van der Waals surface area contributed by atoms with E-state index in [2.05, 4.69) is 5.32 Å². The summed E-state index contributed by atoms with van der Waals surface area (Å²) in [6, 6.07) is 13.7. The Kier molecular flexibility index (Phi) is 6.50. The highest BCUT2D eigenvalue weighted by atomic mass is 32.2. The third-order valence-corrected chi connectivity index (χ3v) is 5.26. The molecule has 5 unspecified atom stereocenters. The fraction of sp³-hybridized carbons (Fsp3) is 0.333. The molecule has 0 radical (unpaired) electrons. The number of aliphatic hydroxyl groups is 4. The molecule has 0 spiro atoms. The van der Waals surface area contributed by atoms with Crippen LogP contribution in [0.5, 0.6) is 0 Å². The summed E-state index contributed by atoms with van der Waals surface area (Å²) in [4.78, 5) is 12.2. The molecule has 9 nitrogen and oxygen atoms in total. The van der Waals surface area contributed by atoms with E-state index in [-0.39, 0.29) is 11.4 Å². The van der Waals surface area contributed by atoms with Gasteiger partial charge in [-0.2, -0.15) is 0 Å². The van der Waals surface area contributed by atoms with Crippen molar-refractivity contribution in [1.29, 1.82) is 0 Å². The maximum absolute atomic E-state index is 11.3. The summed E-state index contributed by atoms with van der Waals surface area (Å²) in [5.41, 5.74) is 0.130. The summed E-state index contributed by atoms with van der Waals surface area (Å²) < 4.78 is 5.40. The van der Waals surface area contributed by atoms with Gasteiger partial charge in [-0.1, -0.05) is 30.0 Å². The van der Waals surface area contributed by atoms with Crippen molar-refractivity contribution in [2.45, 2.75) is 40.4 Å². The molecule has 1 saturated heterocycles. The lowest BCUT2D eigenvalue weighted by molar-refractivity contribution is -0.385. The number of ether oxygens (including phenoxy) is 1. The molecule has 5 atom stereocenters. The van der Waals surface area contributed by atoms with Crippen molar-refractivity contribution in [3.05, 3.63) is 58.6 Å². The number of aliphatic hydroxyl groups excluding tert-OH is 4. The van der Waals surface area contributed by atoms with Crippen LogP contribution < -0.4 is 5.32 Å². The lowest BCUT2D eigenvalue weighted by Gasteiger charge is -2.40. The topological polar surface area (TPSA) is 145 Å². The molecule has 0 aliphatic carbocycles. The zero-order valence-electron chi connectivity index (χ0n) is 14.6. The van der Waals surface area contributed by atoms with Crippen molar-refractivity contribution in [3.8, 4) is 0 Å². The van der Waals surface area contributed by atoms with Gasteiger partial charge in [0, 0.05) is 27.6 Å². The van der Waals surface area contributed by atoms with Gasteiger partial charge in [-0.05, 0) is 18.2 Å². The number of anilines is 1. The molecule has 0 bridgehead atoms. The Morgan fingerprint density at radius 1 is 1.04 bits per heavy atom. The molecular formula is C18H20N2O7S. The molecule has 1 heterocycles. The Labute approximate surface area is 164 Å². The van der Waals surface area contributed by atoms with Gasteiger partial charge >= 0.3 is 0 Å². The highest BCUT2D eigenvalue weighted by Crippen LogP contribution is 2.34. The predicted octanol–water partition coefficient (Wildman–Crippen LogP) is 0.958. The van der Waals surface area contributed by atoms with Crippen LogP contribution in [0.1, 0.15) is 0 Å². The first kappa shape index (κ1) is 20.5. The van der Waals surface area contributed by atoms with Gasteiger partial charge < -0.3 is 30.5 Å². The molecular weight excluding hydrogens is 388 g/mol. The molecule has 5 N–H and O–H groups in total. The van der Waals surface area contributed by atoms with Crippen LogP contribution in [-0.4, -0.2) is 62.6 Å². The number of hydrogen-bond acceptors (Lipinski definition) is 9. The monoisotopic (exact) mass is 408 g/mol. The maximum atomic E-state index is 11.3. The molecule has 0 amide bonds. The standard InChI is InChI=1S/C18H20N2O7S/c21-9-14-15(22)16(23)17(24)18(27-14)19-10-6-11(20(25)26)8-13(7-10)28-12-4-2-1-3-5-12/h1-8,14-19,21-24H,9H2. The average Bonchev–Trinajstić information content (AvgIpc) is 2.69. The Morgan fingerprint density at radius 2 is 1.75 bits per heavy atom. The van der Waals surface area contributed by atoms with Crippen LogP contribution in [-0.2, 0) is 4.74 Å². The molecule has 3 rings (SSSR count). The number of nitro benzene ring substituents is 1. The summed E-state index contributed by atoms with van der Waals surface area (Å²) in [5.74, 6) is 0. The van der Waals surface area contributed by atoms with E-state index < -0.39 is 42.2 Å². The van der Waals surface area contributed by atoms with Gasteiger partial charge in [0.2, 0.25) is 0 Å². The number of rotatable bonds is 6. The molecule has 0 aromatic heterocycles. The zero-order chi connectivity index (χ0) is 20.3. The van der Waals surface area contributed by atoms with E-state index in [0.29, 0.717) is 4.90 Å². The second-order valence-corrected chi connectivity index (χ2v) is 7.43. The van der Waals surface area contributed by atoms with Crippen molar-refractivity contribution < 1.29 is 30.1 Å². The summed E-state index contributed by atoms with van der Waals surface area (Å²) in [7, 11) is 0. The number of hydrogen-bond donors (Lipinski definition) is 5. The fourth-order valence-electron chi connectivity index (χ4n) is 2.84. The molecule has 1 fully saturated rings. The number of nitro groups is 1. The van der Waals surface area contributed by atoms with Crippen LogP contribution in [0.15, 0.2) is 58.3 Å². The van der Waals surface area contributed by atoms with Crippen LogP contribution in [0.4, 0.5) is 11.4 Å². The van der Waals surface area contributed by atoms with E-state index in [0.717, 1.165) is 4.90 Å². The Balaban J connectivity index is 1.85. The van der Waals surface area contributed by atoms with E-state index in [1.165, 1.54) is 23.9 Å². The van der Waals surface area contributed by atoms with E-state index in [9.17, 15) is 30.5 Å². The van der Waals surface area contributed by atoms with Crippen LogP contribution in [0.3, 0.4) is 0 Å². The van der Waals surface area contributed by atoms with E-state index in [4.69, 9.17) is 4.74 Å². The Bertz CT molecular complexity index is 821. The molecule has 0 saturated carbocycles. The molecule has 1 aliphatic heterocycles. The minimum atomic E-state index is -1.54. The summed E-state index contributed by atoms with van der Waals surface area (Å²) in [5, 5.41) is 53.3. The van der Waals surface area contributed by atoms with Crippen LogP contribution >= 0.6 is 11.8 Å². The predicted molar refractivity (Wildman–Crippen MR) is 101 cm³/mol. The smallest absolute Gasteiger partial charge is 0.272 e. The second kappa shape index (κ2) is 8.86. The Hall–Kier alpha value is -2.21. The normalized spacial score (nSPS) is 27.4. The van der Waals surface area contributed by atoms with Gasteiger partial charge in [0.15, 0.2) is 6.23 Å². The number of benzene rings is 2. The molecule has 28 heavy (non-hydrogen) atoms. The van der Waals surface area contributed by atoms with Gasteiger partial charge in [-0.15, -0.1) is 0 Å². The minimum absolute atomic E-state index is 0.159. The van der Waals surface area contributed by atoms with Crippen LogP contribution in [0.25, 0.3) is 0 Å². The van der Waals surface area contributed by atoms with Crippen molar-refractivity contribution >= 4 is 23.1 Å².